The molecule has 2 aromatic carbocycles. The first-order chi connectivity index (χ1) is 17.5. The van der Waals surface area contributed by atoms with E-state index in [1.165, 1.54) is 37.0 Å². The van der Waals surface area contributed by atoms with Gasteiger partial charge in [-0.25, -0.2) is 9.37 Å². The summed E-state index contributed by atoms with van der Waals surface area (Å²) in [6.45, 7) is 6.21. The largest absolute Gasteiger partial charge is 0.356 e. The lowest BCUT2D eigenvalue weighted by molar-refractivity contribution is 0.254. The van der Waals surface area contributed by atoms with E-state index in [9.17, 15) is 14.4 Å². The van der Waals surface area contributed by atoms with Gasteiger partial charge >= 0.3 is 0 Å². The van der Waals surface area contributed by atoms with Gasteiger partial charge in [0, 0.05) is 24.7 Å². The van der Waals surface area contributed by atoms with Gasteiger partial charge in [0.05, 0.1) is 11.3 Å². The van der Waals surface area contributed by atoms with E-state index in [1.807, 2.05) is 18.2 Å². The lowest BCUT2D eigenvalue weighted by Gasteiger charge is -2.39. The molecule has 6 heteroatoms. The van der Waals surface area contributed by atoms with Crippen LogP contribution in [0.15, 0.2) is 53.3 Å². The lowest BCUT2D eigenvalue weighted by Crippen LogP contribution is -2.41. The zero-order valence-electron chi connectivity index (χ0n) is 21.1. The second kappa shape index (κ2) is 10.3. The van der Waals surface area contributed by atoms with E-state index in [-0.39, 0.29) is 11.1 Å². The number of hydrogen-bond acceptors (Lipinski definition) is 4. The summed E-state index contributed by atoms with van der Waals surface area (Å²) in [7, 11) is 0. The number of rotatable bonds is 7. The van der Waals surface area contributed by atoms with E-state index < -0.39 is 5.82 Å². The molecule has 2 heterocycles. The Labute approximate surface area is 212 Å². The second-order valence-corrected chi connectivity index (χ2v) is 10.2. The summed E-state index contributed by atoms with van der Waals surface area (Å²) in [6, 6.07) is 16.0. The Hall–Kier alpha value is -3.46. The molecule has 1 saturated heterocycles. The van der Waals surface area contributed by atoms with Crippen molar-refractivity contribution in [2.45, 2.75) is 58.3 Å². The number of aromatic nitrogens is 2. The van der Waals surface area contributed by atoms with Crippen LogP contribution in [-0.4, -0.2) is 22.6 Å². The van der Waals surface area contributed by atoms with Crippen molar-refractivity contribution in [2.24, 2.45) is 11.8 Å². The average molecular weight is 485 g/mol. The number of halogens is 1. The van der Waals surface area contributed by atoms with Crippen LogP contribution in [0.25, 0.3) is 17.1 Å². The quantitative estimate of drug-likeness (QED) is 0.387. The Balaban J connectivity index is 1.59. The molecule has 0 bridgehead atoms. The van der Waals surface area contributed by atoms with Crippen LogP contribution in [-0.2, 0) is 0 Å². The Morgan fingerprint density at radius 2 is 1.83 bits per heavy atom. The third-order valence-corrected chi connectivity index (χ3v) is 7.85. The molecule has 3 aromatic rings. The van der Waals surface area contributed by atoms with Gasteiger partial charge in [-0.1, -0.05) is 38.8 Å². The fourth-order valence-electron chi connectivity index (χ4n) is 5.66. The third-order valence-electron chi connectivity index (χ3n) is 7.85. The zero-order chi connectivity index (χ0) is 25.2. The molecule has 1 aliphatic carbocycles. The summed E-state index contributed by atoms with van der Waals surface area (Å²) in [4.78, 5) is 20.8. The summed E-state index contributed by atoms with van der Waals surface area (Å²) in [5.74, 6) is 2.30. The molecule has 186 valence electrons. The maximum Gasteiger partial charge on any atom is 0.260 e. The van der Waals surface area contributed by atoms with Crippen molar-refractivity contribution in [1.29, 1.82) is 5.26 Å². The minimum Gasteiger partial charge on any atom is -0.356 e. The highest BCUT2D eigenvalue weighted by Crippen LogP contribution is 2.40. The van der Waals surface area contributed by atoms with E-state index >= 15 is 0 Å². The van der Waals surface area contributed by atoms with Crippen molar-refractivity contribution >= 4 is 5.82 Å². The smallest absolute Gasteiger partial charge is 0.260 e. The molecule has 5 rings (SSSR count). The van der Waals surface area contributed by atoms with Crippen LogP contribution in [0, 0.1) is 29.0 Å². The average Bonchev–Trinajstić information content (AvgIpc) is 3.74. The minimum absolute atomic E-state index is 0.0263. The van der Waals surface area contributed by atoms with Crippen molar-refractivity contribution in [3.05, 3.63) is 75.8 Å². The highest BCUT2D eigenvalue weighted by molar-refractivity contribution is 5.62. The van der Waals surface area contributed by atoms with Gasteiger partial charge in [-0.05, 0) is 79.3 Å². The molecule has 0 radical (unpaired) electrons. The summed E-state index contributed by atoms with van der Waals surface area (Å²) in [5, 5.41) is 9.19. The van der Waals surface area contributed by atoms with Gasteiger partial charge in [-0.3, -0.25) is 9.36 Å². The maximum absolute atomic E-state index is 14.6. The van der Waals surface area contributed by atoms with Crippen molar-refractivity contribution in [1.82, 2.24) is 9.55 Å². The summed E-state index contributed by atoms with van der Waals surface area (Å²) < 4.78 is 16.2. The molecular weight excluding hydrogens is 451 g/mol. The zero-order valence-corrected chi connectivity index (χ0v) is 21.1. The Bertz CT molecular complexity index is 1340. The Kier molecular flexibility index (Phi) is 6.91. The molecule has 0 N–H and O–H groups in total. The van der Waals surface area contributed by atoms with E-state index in [1.54, 1.807) is 16.7 Å². The summed E-state index contributed by atoms with van der Waals surface area (Å²) in [5.41, 5.74) is 2.25. The first kappa shape index (κ1) is 24.2. The fraction of sp³-hybridized carbons (Fsp3) is 0.433. The number of hydrogen-bond donors (Lipinski definition) is 0. The lowest BCUT2D eigenvalue weighted by atomic mass is 9.81. The number of nitrogens with zero attached hydrogens (tertiary/aromatic N) is 4. The van der Waals surface area contributed by atoms with Gasteiger partial charge in [-0.2, -0.15) is 5.26 Å². The molecule has 2 fully saturated rings. The molecule has 36 heavy (non-hydrogen) atoms. The summed E-state index contributed by atoms with van der Waals surface area (Å²) in [6.07, 6.45) is 6.96. The fourth-order valence-corrected chi connectivity index (χ4v) is 5.66. The number of piperidine rings is 1. The van der Waals surface area contributed by atoms with E-state index in [0.29, 0.717) is 40.6 Å². The predicted molar refractivity (Wildman–Crippen MR) is 141 cm³/mol. The Morgan fingerprint density at radius 3 is 2.47 bits per heavy atom. The van der Waals surface area contributed by atoms with Crippen molar-refractivity contribution in [2.75, 3.05) is 18.0 Å². The van der Waals surface area contributed by atoms with Crippen molar-refractivity contribution in [3.63, 3.8) is 0 Å². The molecule has 2 aliphatic rings. The molecule has 1 aliphatic heterocycles. The minimum atomic E-state index is -0.614. The molecule has 1 aromatic heterocycles. The monoisotopic (exact) mass is 484 g/mol. The standard InChI is InChI=1S/C30H33FN4O/c1-3-5-25-19-34(15-14-20(25)4-2)28-17-29(36)35(26-12-10-22(11-13-26)21-6-7-21)30(33-28)23-8-9-24(18-32)27(31)16-23/h8-13,16-17,20-21,25H,3-7,14-15,19H2,1-2H3. The molecule has 0 amide bonds. The van der Waals surface area contributed by atoms with Crippen LogP contribution in [0.1, 0.15) is 69.4 Å². The molecular formula is C30H33FN4O. The van der Waals surface area contributed by atoms with Crippen LogP contribution >= 0.6 is 0 Å². The van der Waals surface area contributed by atoms with Crippen LogP contribution in [0.5, 0.6) is 0 Å². The summed E-state index contributed by atoms with van der Waals surface area (Å²) >= 11 is 0. The number of nitriles is 1. The maximum atomic E-state index is 14.6. The van der Waals surface area contributed by atoms with Gasteiger partial charge < -0.3 is 4.90 Å². The van der Waals surface area contributed by atoms with E-state index in [4.69, 9.17) is 4.98 Å². The highest BCUT2D eigenvalue weighted by Gasteiger charge is 2.29. The normalized spacial score (nSPS) is 19.8. The molecule has 2 unspecified atom stereocenters. The molecule has 1 saturated carbocycles. The van der Waals surface area contributed by atoms with E-state index in [2.05, 4.69) is 30.9 Å². The highest BCUT2D eigenvalue weighted by atomic mass is 19.1. The van der Waals surface area contributed by atoms with Gasteiger partial charge in [0.25, 0.3) is 5.56 Å². The van der Waals surface area contributed by atoms with Gasteiger partial charge in [0.2, 0.25) is 0 Å². The van der Waals surface area contributed by atoms with Crippen LogP contribution in [0.2, 0.25) is 0 Å². The second-order valence-electron chi connectivity index (χ2n) is 10.2. The Morgan fingerprint density at radius 1 is 1.06 bits per heavy atom. The first-order valence-corrected chi connectivity index (χ1v) is 13.2. The van der Waals surface area contributed by atoms with Crippen molar-refractivity contribution < 1.29 is 4.39 Å². The van der Waals surface area contributed by atoms with E-state index in [0.717, 1.165) is 32.4 Å². The number of benzene rings is 2. The van der Waals surface area contributed by atoms with Crippen LogP contribution in [0.3, 0.4) is 0 Å². The number of anilines is 1. The van der Waals surface area contributed by atoms with Crippen LogP contribution < -0.4 is 10.5 Å². The molecule has 2 atom stereocenters. The van der Waals surface area contributed by atoms with Gasteiger partial charge in [0.1, 0.15) is 23.5 Å². The SMILES string of the molecule is CCCC1CN(c2cc(=O)n(-c3ccc(C4CC4)cc3)c(-c3ccc(C#N)c(F)c3)n2)CCC1CC. The predicted octanol–water partition coefficient (Wildman–Crippen LogP) is 6.44. The van der Waals surface area contributed by atoms with Crippen LogP contribution in [0.4, 0.5) is 10.2 Å². The van der Waals surface area contributed by atoms with Crippen molar-refractivity contribution in [3.8, 4) is 23.1 Å². The first-order valence-electron chi connectivity index (χ1n) is 13.2. The third kappa shape index (κ3) is 4.80. The van der Waals surface area contributed by atoms with Gasteiger partial charge in [0.15, 0.2) is 0 Å². The molecule has 5 nitrogen and oxygen atoms in total. The van der Waals surface area contributed by atoms with Gasteiger partial charge in [-0.15, -0.1) is 0 Å². The molecule has 0 spiro atoms. The topological polar surface area (TPSA) is 61.9 Å².